The second kappa shape index (κ2) is 4.62. The van der Waals surface area contributed by atoms with Crippen LogP contribution in [0.2, 0.25) is 0 Å². The lowest BCUT2D eigenvalue weighted by molar-refractivity contribution is 0.210. The minimum Gasteiger partial charge on any atom is -0.335 e. The van der Waals surface area contributed by atoms with Crippen molar-refractivity contribution in [2.75, 3.05) is 0 Å². The van der Waals surface area contributed by atoms with Crippen LogP contribution in [0.3, 0.4) is 0 Å². The minimum atomic E-state index is -0.272. The molecule has 0 spiro atoms. The Kier molecular flexibility index (Phi) is 3.84. The highest BCUT2D eigenvalue weighted by molar-refractivity contribution is 5.75. The number of nitrogens with two attached hydrogens (primary N) is 1. The van der Waals surface area contributed by atoms with Gasteiger partial charge in [-0.1, -0.05) is 0 Å². The number of urea groups is 1. The van der Waals surface area contributed by atoms with Crippen molar-refractivity contribution in [1.82, 2.24) is 10.6 Å². The topological polar surface area (TPSA) is 67.1 Å². The maximum Gasteiger partial charge on any atom is 0.315 e. The van der Waals surface area contributed by atoms with Crippen LogP contribution < -0.4 is 16.4 Å². The highest BCUT2D eigenvalue weighted by atomic mass is 16.2. The molecule has 94 valence electrons. The van der Waals surface area contributed by atoms with Crippen LogP contribution >= 0.6 is 0 Å². The van der Waals surface area contributed by atoms with Crippen LogP contribution in [0.25, 0.3) is 0 Å². The Morgan fingerprint density at radius 3 is 2.25 bits per heavy atom. The van der Waals surface area contributed by atoms with Gasteiger partial charge in [0, 0.05) is 17.1 Å². The normalized spacial score (nSPS) is 17.8. The van der Waals surface area contributed by atoms with Crippen LogP contribution in [-0.2, 0) is 0 Å². The number of hydrogen-bond acceptors (Lipinski definition) is 2. The van der Waals surface area contributed by atoms with Gasteiger partial charge in [-0.25, -0.2) is 4.79 Å². The summed E-state index contributed by atoms with van der Waals surface area (Å²) in [5.41, 5.74) is 5.42. The molecule has 1 fully saturated rings. The van der Waals surface area contributed by atoms with Crippen molar-refractivity contribution in [3.05, 3.63) is 0 Å². The van der Waals surface area contributed by atoms with Gasteiger partial charge in [0.05, 0.1) is 0 Å². The summed E-state index contributed by atoms with van der Waals surface area (Å²) >= 11 is 0. The summed E-state index contributed by atoms with van der Waals surface area (Å²) in [6.07, 6.45) is 4.19. The Morgan fingerprint density at radius 1 is 1.31 bits per heavy atom. The molecule has 0 aromatic rings. The molecule has 0 atom stereocenters. The lowest BCUT2D eigenvalue weighted by atomic mass is 9.88. The zero-order valence-electron chi connectivity index (χ0n) is 10.9. The zero-order chi connectivity index (χ0) is 12.4. The van der Waals surface area contributed by atoms with Gasteiger partial charge in [-0.3, -0.25) is 0 Å². The average Bonchev–Trinajstić information content (AvgIpc) is 1.90. The van der Waals surface area contributed by atoms with Gasteiger partial charge in [0.15, 0.2) is 0 Å². The first-order chi connectivity index (χ1) is 7.18. The molecule has 1 aliphatic rings. The average molecular weight is 227 g/mol. The van der Waals surface area contributed by atoms with Gasteiger partial charge in [0.2, 0.25) is 0 Å². The van der Waals surface area contributed by atoms with E-state index in [1.807, 2.05) is 27.7 Å². The maximum absolute atomic E-state index is 11.7. The standard InChI is InChI=1S/C12H25N3O/c1-11(2,13)8-12(3,4)15-10(16)14-9-6-5-7-9/h9H,5-8,13H2,1-4H3,(H2,14,15,16). The van der Waals surface area contributed by atoms with Crippen LogP contribution in [0.4, 0.5) is 4.79 Å². The highest BCUT2D eigenvalue weighted by Crippen LogP contribution is 2.19. The van der Waals surface area contributed by atoms with Gasteiger partial charge in [-0.2, -0.15) is 0 Å². The molecule has 0 radical (unpaired) electrons. The predicted octanol–water partition coefficient (Wildman–Crippen LogP) is 1.74. The molecule has 2 amide bonds. The number of carbonyl (C=O) groups excluding carboxylic acids is 1. The van der Waals surface area contributed by atoms with Crippen molar-refractivity contribution >= 4 is 6.03 Å². The molecule has 0 aromatic carbocycles. The van der Waals surface area contributed by atoms with Crippen LogP contribution in [0.5, 0.6) is 0 Å². The fourth-order valence-corrected chi connectivity index (χ4v) is 2.26. The third kappa shape index (κ3) is 4.84. The molecular formula is C12H25N3O. The van der Waals surface area contributed by atoms with Crippen molar-refractivity contribution in [2.24, 2.45) is 5.73 Å². The quantitative estimate of drug-likeness (QED) is 0.685. The summed E-state index contributed by atoms with van der Waals surface area (Å²) in [5.74, 6) is 0. The van der Waals surface area contributed by atoms with Crippen molar-refractivity contribution < 1.29 is 4.79 Å². The molecule has 0 aromatic heterocycles. The van der Waals surface area contributed by atoms with Crippen molar-refractivity contribution in [3.8, 4) is 0 Å². The summed E-state index contributed by atoms with van der Waals surface area (Å²) in [4.78, 5) is 11.7. The van der Waals surface area contributed by atoms with Gasteiger partial charge >= 0.3 is 6.03 Å². The lowest BCUT2D eigenvalue weighted by Crippen LogP contribution is -2.55. The number of carbonyl (C=O) groups is 1. The molecule has 0 unspecified atom stereocenters. The van der Waals surface area contributed by atoms with E-state index in [1.165, 1.54) is 6.42 Å². The van der Waals surface area contributed by atoms with E-state index < -0.39 is 0 Å². The van der Waals surface area contributed by atoms with Gasteiger partial charge in [-0.15, -0.1) is 0 Å². The maximum atomic E-state index is 11.7. The summed E-state index contributed by atoms with van der Waals surface area (Å²) in [5, 5.41) is 5.95. The molecule has 4 heteroatoms. The summed E-state index contributed by atoms with van der Waals surface area (Å²) in [6.45, 7) is 7.95. The van der Waals surface area contributed by atoms with Gasteiger partial charge in [0.1, 0.15) is 0 Å². The Labute approximate surface area is 98.3 Å². The van der Waals surface area contributed by atoms with Crippen LogP contribution in [0.15, 0.2) is 0 Å². The fraction of sp³-hybridized carbons (Fsp3) is 0.917. The molecule has 0 aliphatic heterocycles. The van der Waals surface area contributed by atoms with Crippen molar-refractivity contribution in [1.29, 1.82) is 0 Å². The van der Waals surface area contributed by atoms with Gasteiger partial charge in [-0.05, 0) is 53.4 Å². The first-order valence-electron chi connectivity index (χ1n) is 6.06. The number of nitrogens with one attached hydrogen (secondary N) is 2. The SMILES string of the molecule is CC(C)(N)CC(C)(C)NC(=O)NC1CCC1. The van der Waals surface area contributed by atoms with Crippen molar-refractivity contribution in [3.63, 3.8) is 0 Å². The first-order valence-corrected chi connectivity index (χ1v) is 6.06. The summed E-state index contributed by atoms with van der Waals surface area (Å²) in [7, 11) is 0. The molecule has 4 nitrogen and oxygen atoms in total. The van der Waals surface area contributed by atoms with Gasteiger partial charge < -0.3 is 16.4 Å². The third-order valence-electron chi connectivity index (χ3n) is 2.79. The number of amides is 2. The zero-order valence-corrected chi connectivity index (χ0v) is 10.9. The Hall–Kier alpha value is -0.770. The summed E-state index contributed by atoms with van der Waals surface area (Å²) in [6, 6.07) is 0.306. The van der Waals surface area contributed by atoms with E-state index >= 15 is 0 Å². The van der Waals surface area contributed by atoms with Crippen molar-refractivity contribution in [2.45, 2.75) is 70.5 Å². The van der Waals surface area contributed by atoms with E-state index in [9.17, 15) is 4.79 Å². The molecule has 1 aliphatic carbocycles. The smallest absolute Gasteiger partial charge is 0.315 e. The fourth-order valence-electron chi connectivity index (χ4n) is 2.26. The molecule has 4 N–H and O–H groups in total. The Balaban J connectivity index is 2.35. The molecule has 1 rings (SSSR count). The molecule has 0 heterocycles. The van der Waals surface area contributed by atoms with E-state index in [2.05, 4.69) is 10.6 Å². The molecule has 1 saturated carbocycles. The number of rotatable bonds is 4. The van der Waals surface area contributed by atoms with E-state index in [1.54, 1.807) is 0 Å². The number of hydrogen-bond donors (Lipinski definition) is 3. The Bertz CT molecular complexity index is 251. The first kappa shape index (κ1) is 13.3. The molecule has 16 heavy (non-hydrogen) atoms. The van der Waals surface area contributed by atoms with E-state index in [4.69, 9.17) is 5.73 Å². The van der Waals surface area contributed by atoms with E-state index in [0.29, 0.717) is 6.04 Å². The lowest BCUT2D eigenvalue weighted by Gasteiger charge is -2.34. The van der Waals surface area contributed by atoms with E-state index in [-0.39, 0.29) is 17.1 Å². The molecule has 0 saturated heterocycles. The van der Waals surface area contributed by atoms with Gasteiger partial charge in [0.25, 0.3) is 0 Å². The second-order valence-corrected chi connectivity index (χ2v) is 6.28. The third-order valence-corrected chi connectivity index (χ3v) is 2.79. The Morgan fingerprint density at radius 2 is 1.88 bits per heavy atom. The van der Waals surface area contributed by atoms with E-state index in [0.717, 1.165) is 19.3 Å². The minimum absolute atomic E-state index is 0.0704. The summed E-state index contributed by atoms with van der Waals surface area (Å²) < 4.78 is 0. The van der Waals surface area contributed by atoms with Crippen LogP contribution in [0, 0.1) is 0 Å². The van der Waals surface area contributed by atoms with Crippen LogP contribution in [0.1, 0.15) is 53.4 Å². The second-order valence-electron chi connectivity index (χ2n) is 6.28. The highest BCUT2D eigenvalue weighted by Gasteiger charge is 2.28. The molecule has 0 bridgehead atoms. The largest absolute Gasteiger partial charge is 0.335 e. The predicted molar refractivity (Wildman–Crippen MR) is 66.3 cm³/mol. The monoisotopic (exact) mass is 227 g/mol. The van der Waals surface area contributed by atoms with Crippen LogP contribution in [-0.4, -0.2) is 23.2 Å². The molecular weight excluding hydrogens is 202 g/mol.